The van der Waals surface area contributed by atoms with E-state index in [-0.39, 0.29) is 5.78 Å². The molecule has 1 saturated carbocycles. The molecule has 2 nitrogen and oxygen atoms in total. The zero-order valence-electron chi connectivity index (χ0n) is 7.05. The van der Waals surface area contributed by atoms with Crippen molar-refractivity contribution in [2.75, 3.05) is 0 Å². The Kier molecular flexibility index (Phi) is 2.03. The molecule has 0 aromatic rings. The van der Waals surface area contributed by atoms with E-state index in [0.717, 1.165) is 12.7 Å². The van der Waals surface area contributed by atoms with Gasteiger partial charge in [-0.2, -0.15) is 0 Å². The number of hydrogen-bond acceptors (Lipinski definition) is 2. The zero-order valence-corrected chi connectivity index (χ0v) is 7.05. The second-order valence-electron chi connectivity index (χ2n) is 3.70. The summed E-state index contributed by atoms with van der Waals surface area (Å²) in [6.07, 6.45) is 4.04. The highest BCUT2D eigenvalue weighted by atomic mass is 16.2. The van der Waals surface area contributed by atoms with Crippen LogP contribution >= 0.6 is 0 Å². The van der Waals surface area contributed by atoms with Crippen LogP contribution in [0.15, 0.2) is 11.8 Å². The highest BCUT2D eigenvalue weighted by Crippen LogP contribution is 2.49. The highest BCUT2D eigenvalue weighted by Gasteiger charge is 2.38. The first-order valence-corrected chi connectivity index (χ1v) is 3.92. The van der Waals surface area contributed by atoms with Crippen molar-refractivity contribution in [2.24, 2.45) is 5.41 Å². The number of aliphatic hydroxyl groups is 1. The molecule has 1 fully saturated rings. The minimum Gasteiger partial charge on any atom is -0.515 e. The standard InChI is InChI=1S/C9H14O2/c1-7(11)8(6-10)5-9(2)3-4-9/h6,10H,3-5H2,1-2H3/b8-6-. The third-order valence-electron chi connectivity index (χ3n) is 2.33. The van der Waals surface area contributed by atoms with E-state index < -0.39 is 0 Å². The summed E-state index contributed by atoms with van der Waals surface area (Å²) in [5.41, 5.74) is 0.866. The second kappa shape index (κ2) is 2.68. The highest BCUT2D eigenvalue weighted by molar-refractivity contribution is 5.93. The molecule has 0 aliphatic heterocycles. The zero-order chi connectivity index (χ0) is 8.48. The molecule has 0 atom stereocenters. The Labute approximate surface area is 66.9 Å². The van der Waals surface area contributed by atoms with Gasteiger partial charge in [0.05, 0.1) is 6.26 Å². The minimum absolute atomic E-state index is 0.0133. The molecular formula is C9H14O2. The molecule has 1 aliphatic carbocycles. The van der Waals surface area contributed by atoms with Crippen LogP contribution in [-0.4, -0.2) is 10.9 Å². The van der Waals surface area contributed by atoms with Crippen LogP contribution in [0.4, 0.5) is 0 Å². The van der Waals surface area contributed by atoms with Crippen LogP contribution in [0.25, 0.3) is 0 Å². The summed E-state index contributed by atoms with van der Waals surface area (Å²) >= 11 is 0. The Bertz CT molecular complexity index is 200. The van der Waals surface area contributed by atoms with Crippen molar-refractivity contribution in [3.05, 3.63) is 11.8 Å². The van der Waals surface area contributed by atoms with Gasteiger partial charge < -0.3 is 5.11 Å². The first-order valence-electron chi connectivity index (χ1n) is 3.92. The second-order valence-corrected chi connectivity index (χ2v) is 3.70. The van der Waals surface area contributed by atoms with Gasteiger partial charge in [-0.15, -0.1) is 0 Å². The Morgan fingerprint density at radius 2 is 2.18 bits per heavy atom. The van der Waals surface area contributed by atoms with E-state index in [0.29, 0.717) is 11.0 Å². The molecule has 0 spiro atoms. The van der Waals surface area contributed by atoms with E-state index in [9.17, 15) is 4.79 Å². The molecule has 0 aromatic heterocycles. The van der Waals surface area contributed by atoms with Crippen molar-refractivity contribution in [3.63, 3.8) is 0 Å². The van der Waals surface area contributed by atoms with Crippen molar-refractivity contribution >= 4 is 5.78 Å². The summed E-state index contributed by atoms with van der Waals surface area (Å²) < 4.78 is 0. The van der Waals surface area contributed by atoms with E-state index >= 15 is 0 Å². The number of aliphatic hydroxyl groups excluding tert-OH is 1. The Morgan fingerprint density at radius 3 is 2.45 bits per heavy atom. The Morgan fingerprint density at radius 1 is 1.64 bits per heavy atom. The third-order valence-corrected chi connectivity index (χ3v) is 2.33. The van der Waals surface area contributed by atoms with Crippen molar-refractivity contribution in [2.45, 2.75) is 33.1 Å². The molecule has 0 saturated heterocycles. The molecule has 0 amide bonds. The van der Waals surface area contributed by atoms with Gasteiger partial charge in [-0.05, 0) is 31.6 Å². The molecule has 11 heavy (non-hydrogen) atoms. The fourth-order valence-corrected chi connectivity index (χ4v) is 1.11. The Balaban J connectivity index is 2.52. The predicted molar refractivity (Wildman–Crippen MR) is 43.4 cm³/mol. The van der Waals surface area contributed by atoms with Crippen LogP contribution in [0.3, 0.4) is 0 Å². The fraction of sp³-hybridized carbons (Fsp3) is 0.667. The first-order chi connectivity index (χ1) is 5.07. The molecule has 1 N–H and O–H groups in total. The summed E-state index contributed by atoms with van der Waals surface area (Å²) in [6, 6.07) is 0. The molecule has 0 bridgehead atoms. The number of carbonyl (C=O) groups excluding carboxylic acids is 1. The lowest BCUT2D eigenvalue weighted by Gasteiger charge is -2.07. The summed E-state index contributed by atoms with van der Waals surface area (Å²) in [5, 5.41) is 8.70. The van der Waals surface area contributed by atoms with Crippen molar-refractivity contribution in [3.8, 4) is 0 Å². The lowest BCUT2D eigenvalue weighted by molar-refractivity contribution is -0.114. The van der Waals surface area contributed by atoms with E-state index in [2.05, 4.69) is 6.92 Å². The van der Waals surface area contributed by atoms with Crippen molar-refractivity contribution in [1.82, 2.24) is 0 Å². The van der Waals surface area contributed by atoms with Crippen molar-refractivity contribution < 1.29 is 9.90 Å². The number of rotatable bonds is 3. The quantitative estimate of drug-likeness (QED) is 0.500. The lowest BCUT2D eigenvalue weighted by atomic mass is 9.97. The van der Waals surface area contributed by atoms with E-state index in [1.54, 1.807) is 0 Å². The largest absolute Gasteiger partial charge is 0.515 e. The molecule has 0 radical (unpaired) electrons. The van der Waals surface area contributed by atoms with Gasteiger partial charge in [-0.1, -0.05) is 6.92 Å². The van der Waals surface area contributed by atoms with Crippen LogP contribution in [0, 0.1) is 5.41 Å². The van der Waals surface area contributed by atoms with Gasteiger partial charge in [0, 0.05) is 5.57 Å². The van der Waals surface area contributed by atoms with E-state index in [4.69, 9.17) is 5.11 Å². The third kappa shape index (κ3) is 2.07. The maximum absolute atomic E-state index is 10.9. The summed E-state index contributed by atoms with van der Waals surface area (Å²) in [7, 11) is 0. The maximum atomic E-state index is 10.9. The number of hydrogen-bond donors (Lipinski definition) is 1. The summed E-state index contributed by atoms with van der Waals surface area (Å²) in [4.78, 5) is 10.9. The smallest absolute Gasteiger partial charge is 0.158 e. The number of Topliss-reactive ketones (excluding diaryl/α,β-unsaturated/α-hetero) is 1. The monoisotopic (exact) mass is 154 g/mol. The molecule has 2 heteroatoms. The van der Waals surface area contributed by atoms with Crippen LogP contribution < -0.4 is 0 Å². The van der Waals surface area contributed by atoms with E-state index in [1.807, 2.05) is 0 Å². The van der Waals surface area contributed by atoms with Crippen LogP contribution in [0.2, 0.25) is 0 Å². The predicted octanol–water partition coefficient (Wildman–Crippen LogP) is 2.21. The number of carbonyl (C=O) groups is 1. The molecule has 0 unspecified atom stereocenters. The van der Waals surface area contributed by atoms with Crippen molar-refractivity contribution in [1.29, 1.82) is 0 Å². The van der Waals surface area contributed by atoms with Crippen LogP contribution in [-0.2, 0) is 4.79 Å². The maximum Gasteiger partial charge on any atom is 0.158 e. The number of ketones is 1. The molecule has 0 aromatic carbocycles. The van der Waals surface area contributed by atoms with Gasteiger partial charge >= 0.3 is 0 Å². The minimum atomic E-state index is -0.0133. The van der Waals surface area contributed by atoms with Gasteiger partial charge in [0.25, 0.3) is 0 Å². The normalized spacial score (nSPS) is 21.5. The first kappa shape index (κ1) is 8.31. The summed E-state index contributed by atoms with van der Waals surface area (Å²) in [5.74, 6) is -0.0133. The van der Waals surface area contributed by atoms with Gasteiger partial charge in [-0.25, -0.2) is 0 Å². The SMILES string of the molecule is CC(=O)/C(=C\O)CC1(C)CC1. The fourth-order valence-electron chi connectivity index (χ4n) is 1.11. The van der Waals surface area contributed by atoms with Gasteiger partial charge in [-0.3, -0.25) is 4.79 Å². The van der Waals surface area contributed by atoms with Gasteiger partial charge in [0.15, 0.2) is 5.78 Å². The lowest BCUT2D eigenvalue weighted by Crippen LogP contribution is -2.03. The average molecular weight is 154 g/mol. The number of allylic oxidation sites excluding steroid dienone is 1. The van der Waals surface area contributed by atoms with Crippen LogP contribution in [0.1, 0.15) is 33.1 Å². The van der Waals surface area contributed by atoms with Gasteiger partial charge in [0.2, 0.25) is 0 Å². The Hall–Kier alpha value is -0.790. The molecular weight excluding hydrogens is 140 g/mol. The average Bonchev–Trinajstić information content (AvgIpc) is 2.64. The topological polar surface area (TPSA) is 37.3 Å². The molecule has 62 valence electrons. The summed E-state index contributed by atoms with van der Waals surface area (Å²) in [6.45, 7) is 3.63. The van der Waals surface area contributed by atoms with E-state index in [1.165, 1.54) is 19.8 Å². The molecule has 1 aliphatic rings. The van der Waals surface area contributed by atoms with Crippen LogP contribution in [0.5, 0.6) is 0 Å². The van der Waals surface area contributed by atoms with Gasteiger partial charge in [0.1, 0.15) is 0 Å². The molecule has 1 rings (SSSR count). The molecule has 0 heterocycles.